The van der Waals surface area contributed by atoms with Crippen LogP contribution < -0.4 is 16.6 Å². The van der Waals surface area contributed by atoms with Gasteiger partial charge in [0.15, 0.2) is 0 Å². The predicted molar refractivity (Wildman–Crippen MR) is 68.6 cm³/mol. The molecule has 0 aromatic heterocycles. The maximum atomic E-state index is 11.6. The van der Waals surface area contributed by atoms with Gasteiger partial charge in [0.05, 0.1) is 17.8 Å². The number of ketones is 2. The Morgan fingerprint density at radius 3 is 2.11 bits per heavy atom. The number of rotatable bonds is 9. The van der Waals surface area contributed by atoms with Crippen molar-refractivity contribution in [2.45, 2.75) is 32.4 Å². The highest BCUT2D eigenvalue weighted by Gasteiger charge is 2.24. The van der Waals surface area contributed by atoms with Crippen molar-refractivity contribution < 1.29 is 18.0 Å². The lowest BCUT2D eigenvalue weighted by atomic mass is 10.1. The molecule has 0 aliphatic heterocycles. The van der Waals surface area contributed by atoms with Crippen molar-refractivity contribution >= 4 is 21.4 Å². The highest BCUT2D eigenvalue weighted by atomic mass is 32.2. The number of hydrogen-bond acceptors (Lipinski definition) is 7. The molecule has 0 amide bonds. The minimum absolute atomic E-state index is 0.0512. The van der Waals surface area contributed by atoms with Gasteiger partial charge < -0.3 is 5.32 Å². The molecule has 106 valence electrons. The quantitative estimate of drug-likeness (QED) is 0.201. The van der Waals surface area contributed by atoms with E-state index in [1.807, 2.05) is 0 Å². The summed E-state index contributed by atoms with van der Waals surface area (Å²) in [6, 6.07) is -1.37. The van der Waals surface area contributed by atoms with Crippen molar-refractivity contribution in [1.82, 2.24) is 10.7 Å². The summed E-state index contributed by atoms with van der Waals surface area (Å²) >= 11 is 0. The molecule has 0 radical (unpaired) electrons. The van der Waals surface area contributed by atoms with Crippen LogP contribution in [0.4, 0.5) is 0 Å². The average Bonchev–Trinajstić information content (AvgIpc) is 2.30. The number of sulfone groups is 1. The van der Waals surface area contributed by atoms with Crippen molar-refractivity contribution in [1.29, 1.82) is 0 Å². The van der Waals surface area contributed by atoms with Crippen LogP contribution in [0.15, 0.2) is 0 Å². The van der Waals surface area contributed by atoms with Crippen LogP contribution in [0.2, 0.25) is 0 Å². The van der Waals surface area contributed by atoms with Gasteiger partial charge in [0.1, 0.15) is 9.84 Å². The minimum Gasteiger partial charge on any atom is -0.307 e. The van der Waals surface area contributed by atoms with Gasteiger partial charge in [-0.1, -0.05) is 0 Å². The second-order valence-corrected chi connectivity index (χ2v) is 6.54. The molecule has 2 atom stereocenters. The van der Waals surface area contributed by atoms with E-state index in [4.69, 9.17) is 5.84 Å². The van der Waals surface area contributed by atoms with Gasteiger partial charge >= 0.3 is 0 Å². The van der Waals surface area contributed by atoms with Crippen LogP contribution in [0.25, 0.3) is 0 Å². The molecule has 8 heteroatoms. The Morgan fingerprint density at radius 2 is 1.67 bits per heavy atom. The molecule has 0 spiro atoms. The first-order chi connectivity index (χ1) is 8.19. The molecule has 18 heavy (non-hydrogen) atoms. The lowest BCUT2D eigenvalue weighted by Gasteiger charge is -2.14. The van der Waals surface area contributed by atoms with Gasteiger partial charge in [-0.3, -0.25) is 15.4 Å². The summed E-state index contributed by atoms with van der Waals surface area (Å²) in [5, 5.41) is 2.81. The Morgan fingerprint density at radius 1 is 1.17 bits per heavy atom. The molecule has 0 saturated carbocycles. The van der Waals surface area contributed by atoms with Gasteiger partial charge in [0.2, 0.25) is 11.6 Å². The van der Waals surface area contributed by atoms with Crippen LogP contribution in [-0.4, -0.2) is 50.6 Å². The molecular weight excluding hydrogens is 258 g/mol. The number of hydrazine groups is 1. The molecule has 0 saturated heterocycles. The van der Waals surface area contributed by atoms with Crippen LogP contribution in [-0.2, 0) is 19.4 Å². The number of carbonyl (C=O) groups is 2. The van der Waals surface area contributed by atoms with E-state index in [2.05, 4.69) is 10.7 Å². The van der Waals surface area contributed by atoms with E-state index in [-0.39, 0.29) is 5.75 Å². The van der Waals surface area contributed by atoms with Crippen LogP contribution in [0.5, 0.6) is 0 Å². The molecule has 4 N–H and O–H groups in total. The Labute approximate surface area is 107 Å². The first-order valence-electron chi connectivity index (χ1n) is 5.64. The van der Waals surface area contributed by atoms with Gasteiger partial charge in [-0.15, -0.1) is 0 Å². The van der Waals surface area contributed by atoms with Crippen LogP contribution in [0.1, 0.15) is 20.3 Å². The third-order valence-corrected chi connectivity index (χ3v) is 3.45. The summed E-state index contributed by atoms with van der Waals surface area (Å²) in [7, 11) is -2.99. The first-order valence-corrected chi connectivity index (χ1v) is 7.70. The van der Waals surface area contributed by atoms with Crippen molar-refractivity contribution in [2.75, 3.05) is 18.6 Å². The topological polar surface area (TPSA) is 118 Å². The molecule has 2 unspecified atom stereocenters. The van der Waals surface area contributed by atoms with E-state index in [9.17, 15) is 18.0 Å². The zero-order valence-corrected chi connectivity index (χ0v) is 11.7. The molecule has 0 aromatic carbocycles. The summed E-state index contributed by atoms with van der Waals surface area (Å²) in [5.74, 6) is 3.96. The molecule has 0 bridgehead atoms. The third kappa shape index (κ3) is 6.80. The molecule has 7 nitrogen and oxygen atoms in total. The maximum absolute atomic E-state index is 11.6. The largest absolute Gasteiger partial charge is 0.307 e. The summed E-state index contributed by atoms with van der Waals surface area (Å²) < 4.78 is 21.8. The van der Waals surface area contributed by atoms with Crippen LogP contribution in [0.3, 0.4) is 0 Å². The number of Topliss-reactive ketones (excluding diaryl/α,β-unsaturated/α-hetero) is 2. The van der Waals surface area contributed by atoms with E-state index >= 15 is 0 Å². The normalized spacial score (nSPS) is 15.1. The van der Waals surface area contributed by atoms with E-state index in [0.717, 1.165) is 6.26 Å². The summed E-state index contributed by atoms with van der Waals surface area (Å²) in [5.41, 5.74) is 2.21. The fourth-order valence-corrected chi connectivity index (χ4v) is 1.92. The highest BCUT2D eigenvalue weighted by Crippen LogP contribution is 1.94. The first kappa shape index (κ1) is 17.2. The Bertz CT molecular complexity index is 394. The molecule has 0 aliphatic carbocycles. The monoisotopic (exact) mass is 279 g/mol. The van der Waals surface area contributed by atoms with E-state index < -0.39 is 33.5 Å². The van der Waals surface area contributed by atoms with Crippen molar-refractivity contribution in [3.05, 3.63) is 0 Å². The summed E-state index contributed by atoms with van der Waals surface area (Å²) in [4.78, 5) is 23.1. The fourth-order valence-electron chi connectivity index (χ4n) is 1.25. The average molecular weight is 279 g/mol. The van der Waals surface area contributed by atoms with Gasteiger partial charge in [-0.05, 0) is 26.8 Å². The molecule has 0 aliphatic rings. The zero-order chi connectivity index (χ0) is 14.3. The zero-order valence-electron chi connectivity index (χ0n) is 10.9. The fraction of sp³-hybridized carbons (Fsp3) is 0.800. The van der Waals surface area contributed by atoms with Crippen molar-refractivity contribution in [3.8, 4) is 0 Å². The maximum Gasteiger partial charge on any atom is 0.217 e. The van der Waals surface area contributed by atoms with Gasteiger partial charge in [0.25, 0.3) is 0 Å². The minimum atomic E-state index is -2.99. The molecule has 0 rings (SSSR count). The van der Waals surface area contributed by atoms with Gasteiger partial charge in [-0.2, -0.15) is 0 Å². The lowest BCUT2D eigenvalue weighted by molar-refractivity contribution is -0.138. The number of carbonyl (C=O) groups excluding carboxylic acids is 2. The van der Waals surface area contributed by atoms with Gasteiger partial charge in [0, 0.05) is 6.26 Å². The number of nitrogens with one attached hydrogen (secondary N) is 2. The Kier molecular flexibility index (Phi) is 7.22. The second kappa shape index (κ2) is 7.57. The Hall–Kier alpha value is -0.830. The standard InChI is InChI=1S/C10H21N3O4S/c1-7(9(14)10(15)8(2)13-11)12-5-4-6-18(3,16)17/h7-8,12-13H,4-6,11H2,1-3H3. The van der Waals surface area contributed by atoms with E-state index in [1.54, 1.807) is 6.92 Å². The summed E-state index contributed by atoms with van der Waals surface area (Å²) in [6.07, 6.45) is 1.55. The number of hydrogen-bond donors (Lipinski definition) is 3. The Balaban J connectivity index is 4.06. The van der Waals surface area contributed by atoms with E-state index in [1.165, 1.54) is 6.92 Å². The number of nitrogens with two attached hydrogens (primary N) is 1. The van der Waals surface area contributed by atoms with Gasteiger partial charge in [-0.25, -0.2) is 13.8 Å². The second-order valence-electron chi connectivity index (χ2n) is 4.28. The molecule has 0 fully saturated rings. The van der Waals surface area contributed by atoms with E-state index in [0.29, 0.717) is 13.0 Å². The lowest BCUT2D eigenvalue weighted by Crippen LogP contribution is -2.48. The van der Waals surface area contributed by atoms with Crippen molar-refractivity contribution in [3.63, 3.8) is 0 Å². The van der Waals surface area contributed by atoms with Crippen molar-refractivity contribution in [2.24, 2.45) is 5.84 Å². The molecule has 0 aromatic rings. The molecular formula is C10H21N3O4S. The van der Waals surface area contributed by atoms with Crippen LogP contribution in [0, 0.1) is 0 Å². The smallest absolute Gasteiger partial charge is 0.217 e. The molecule has 0 heterocycles. The predicted octanol–water partition coefficient (Wildman–Crippen LogP) is -1.61. The highest BCUT2D eigenvalue weighted by molar-refractivity contribution is 7.90. The van der Waals surface area contributed by atoms with Crippen LogP contribution >= 0.6 is 0 Å². The SMILES string of the molecule is CC(NN)C(=O)C(=O)C(C)NCCCS(C)(=O)=O. The summed E-state index contributed by atoms with van der Waals surface area (Å²) in [6.45, 7) is 3.41. The third-order valence-electron chi connectivity index (χ3n) is 2.42.